The van der Waals surface area contributed by atoms with Crippen molar-refractivity contribution < 1.29 is 23.9 Å². The van der Waals surface area contributed by atoms with Crippen LogP contribution < -0.4 is 15.0 Å². The predicted molar refractivity (Wildman–Crippen MR) is 117 cm³/mol. The monoisotopic (exact) mass is 474 g/mol. The molecule has 1 N–H and O–H groups in total. The number of rotatable bonds is 7. The van der Waals surface area contributed by atoms with E-state index in [0.717, 1.165) is 16.5 Å². The van der Waals surface area contributed by atoms with Gasteiger partial charge in [0.2, 0.25) is 5.91 Å². The third-order valence-corrected chi connectivity index (χ3v) is 5.40. The number of carbonyl (C=O) groups excluding carboxylic acids is 3. The number of methoxy groups -OCH3 is 1. The molecule has 1 fully saturated rings. The molecule has 0 unspecified atom stereocenters. The van der Waals surface area contributed by atoms with Crippen molar-refractivity contribution in [2.45, 2.75) is 19.8 Å². The summed E-state index contributed by atoms with van der Waals surface area (Å²) in [5.41, 5.74) is 2.35. The lowest BCUT2D eigenvalue weighted by Gasteiger charge is -2.17. The molecular formula is C22H23BrN2O5. The van der Waals surface area contributed by atoms with Crippen molar-refractivity contribution >= 4 is 45.1 Å². The molecule has 0 radical (unpaired) electrons. The van der Waals surface area contributed by atoms with Gasteiger partial charge in [0, 0.05) is 28.8 Å². The molecule has 1 heterocycles. The van der Waals surface area contributed by atoms with Crippen LogP contribution in [0, 0.1) is 5.92 Å². The molecule has 0 saturated carbocycles. The van der Waals surface area contributed by atoms with Gasteiger partial charge in [-0.15, -0.1) is 0 Å². The molecule has 0 spiro atoms. The second kappa shape index (κ2) is 9.75. The summed E-state index contributed by atoms with van der Waals surface area (Å²) in [6, 6.07) is 12.6. The number of hydrogen-bond acceptors (Lipinski definition) is 5. The first-order chi connectivity index (χ1) is 14.4. The lowest BCUT2D eigenvalue weighted by atomic mass is 10.1. The first-order valence-corrected chi connectivity index (χ1v) is 10.4. The molecule has 0 bridgehead atoms. The second-order valence-corrected chi connectivity index (χ2v) is 7.83. The first-order valence-electron chi connectivity index (χ1n) is 9.60. The van der Waals surface area contributed by atoms with E-state index >= 15 is 0 Å². The SMILES string of the molecule is CCc1cc(Br)ccc1NC(=O)COC(=O)[C@H]1CC(=O)N(c2ccc(OC)cc2)C1. The molecule has 2 aromatic rings. The molecule has 0 aliphatic carbocycles. The normalized spacial score (nSPS) is 15.8. The van der Waals surface area contributed by atoms with Crippen molar-refractivity contribution in [3.8, 4) is 5.75 Å². The van der Waals surface area contributed by atoms with Gasteiger partial charge in [-0.25, -0.2) is 0 Å². The zero-order chi connectivity index (χ0) is 21.7. The van der Waals surface area contributed by atoms with Crippen molar-refractivity contribution in [3.05, 3.63) is 52.5 Å². The Kier molecular flexibility index (Phi) is 7.10. The van der Waals surface area contributed by atoms with E-state index in [1.807, 2.05) is 19.1 Å². The van der Waals surface area contributed by atoms with Gasteiger partial charge in [-0.1, -0.05) is 22.9 Å². The average molecular weight is 475 g/mol. The fourth-order valence-corrected chi connectivity index (χ4v) is 3.70. The highest BCUT2D eigenvalue weighted by Gasteiger charge is 2.36. The van der Waals surface area contributed by atoms with Crippen LogP contribution in [-0.4, -0.2) is 38.0 Å². The van der Waals surface area contributed by atoms with E-state index in [2.05, 4.69) is 21.2 Å². The van der Waals surface area contributed by atoms with Crippen LogP contribution in [0.25, 0.3) is 0 Å². The Morgan fingerprint density at radius 3 is 2.60 bits per heavy atom. The zero-order valence-corrected chi connectivity index (χ0v) is 18.4. The summed E-state index contributed by atoms with van der Waals surface area (Å²) in [6.07, 6.45) is 0.805. The maximum Gasteiger partial charge on any atom is 0.311 e. The number of nitrogens with one attached hydrogen (secondary N) is 1. The third kappa shape index (κ3) is 5.18. The Labute approximate surface area is 183 Å². The van der Waals surface area contributed by atoms with Crippen LogP contribution in [0.1, 0.15) is 18.9 Å². The van der Waals surface area contributed by atoms with Gasteiger partial charge in [0.15, 0.2) is 6.61 Å². The van der Waals surface area contributed by atoms with E-state index in [4.69, 9.17) is 9.47 Å². The summed E-state index contributed by atoms with van der Waals surface area (Å²) < 4.78 is 11.2. The predicted octanol–water partition coefficient (Wildman–Crippen LogP) is 3.55. The van der Waals surface area contributed by atoms with Crippen molar-refractivity contribution in [2.24, 2.45) is 5.92 Å². The number of carbonyl (C=O) groups is 3. The number of anilines is 2. The molecule has 7 nitrogen and oxygen atoms in total. The van der Waals surface area contributed by atoms with Gasteiger partial charge >= 0.3 is 5.97 Å². The summed E-state index contributed by atoms with van der Waals surface area (Å²) in [5, 5.41) is 2.76. The molecule has 0 aromatic heterocycles. The standard InChI is InChI=1S/C22H23BrN2O5/c1-3-14-10-16(23)4-9-19(14)24-20(26)13-30-22(28)15-11-21(27)25(12-15)17-5-7-18(29-2)8-6-17/h4-10,15H,3,11-13H2,1-2H3,(H,24,26)/t15-/m0/s1. The molecule has 8 heteroatoms. The van der Waals surface area contributed by atoms with E-state index in [0.29, 0.717) is 17.1 Å². The summed E-state index contributed by atoms with van der Waals surface area (Å²) >= 11 is 3.40. The highest BCUT2D eigenvalue weighted by Crippen LogP contribution is 2.27. The van der Waals surface area contributed by atoms with Gasteiger partial charge in [0.05, 0.1) is 13.0 Å². The van der Waals surface area contributed by atoms with Crippen LogP contribution >= 0.6 is 15.9 Å². The Morgan fingerprint density at radius 2 is 1.93 bits per heavy atom. The highest BCUT2D eigenvalue weighted by atomic mass is 79.9. The van der Waals surface area contributed by atoms with E-state index < -0.39 is 24.4 Å². The largest absolute Gasteiger partial charge is 0.497 e. The maximum absolute atomic E-state index is 12.4. The lowest BCUT2D eigenvalue weighted by Crippen LogP contribution is -2.28. The zero-order valence-electron chi connectivity index (χ0n) is 16.8. The Hall–Kier alpha value is -2.87. The molecule has 2 amide bonds. The minimum atomic E-state index is -0.605. The maximum atomic E-state index is 12.4. The summed E-state index contributed by atoms with van der Waals surface area (Å²) in [6.45, 7) is 1.81. The molecule has 30 heavy (non-hydrogen) atoms. The van der Waals surface area contributed by atoms with Gasteiger partial charge in [0.25, 0.3) is 5.91 Å². The fraction of sp³-hybridized carbons (Fsp3) is 0.318. The van der Waals surface area contributed by atoms with Crippen LogP contribution in [0.15, 0.2) is 46.9 Å². The Bertz CT molecular complexity index is 945. The van der Waals surface area contributed by atoms with Gasteiger partial charge in [-0.2, -0.15) is 0 Å². The van der Waals surface area contributed by atoms with Crippen LogP contribution in [0.3, 0.4) is 0 Å². The number of benzene rings is 2. The smallest absolute Gasteiger partial charge is 0.311 e. The summed E-state index contributed by atoms with van der Waals surface area (Å²) in [4.78, 5) is 38.5. The Morgan fingerprint density at radius 1 is 1.20 bits per heavy atom. The number of esters is 1. The van der Waals surface area contributed by atoms with Crippen LogP contribution in [-0.2, 0) is 25.5 Å². The Balaban J connectivity index is 1.53. The molecule has 1 aliphatic rings. The average Bonchev–Trinajstić information content (AvgIpc) is 3.15. The fourth-order valence-electron chi connectivity index (χ4n) is 3.29. The van der Waals surface area contributed by atoms with Crippen LogP contribution in [0.4, 0.5) is 11.4 Å². The van der Waals surface area contributed by atoms with Gasteiger partial charge in [-0.3, -0.25) is 14.4 Å². The van der Waals surface area contributed by atoms with Crippen molar-refractivity contribution in [2.75, 3.05) is 30.5 Å². The molecule has 158 valence electrons. The number of aryl methyl sites for hydroxylation is 1. The quantitative estimate of drug-likeness (QED) is 0.620. The molecule has 1 aliphatic heterocycles. The number of ether oxygens (including phenoxy) is 2. The summed E-state index contributed by atoms with van der Waals surface area (Å²) in [7, 11) is 1.57. The number of hydrogen-bond donors (Lipinski definition) is 1. The molecular weight excluding hydrogens is 452 g/mol. The minimum Gasteiger partial charge on any atom is -0.497 e. The van der Waals surface area contributed by atoms with E-state index in [1.54, 1.807) is 42.3 Å². The molecule has 1 saturated heterocycles. The van der Waals surface area contributed by atoms with Crippen molar-refractivity contribution in [1.29, 1.82) is 0 Å². The first kappa shape index (κ1) is 21.8. The number of nitrogens with zero attached hydrogens (tertiary/aromatic N) is 1. The summed E-state index contributed by atoms with van der Waals surface area (Å²) in [5.74, 6) is -1.05. The molecule has 1 atom stereocenters. The number of halogens is 1. The topological polar surface area (TPSA) is 84.9 Å². The van der Waals surface area contributed by atoms with Gasteiger partial charge in [0.1, 0.15) is 5.75 Å². The van der Waals surface area contributed by atoms with Gasteiger partial charge < -0.3 is 19.7 Å². The molecule has 2 aromatic carbocycles. The highest BCUT2D eigenvalue weighted by molar-refractivity contribution is 9.10. The second-order valence-electron chi connectivity index (χ2n) is 6.91. The number of amides is 2. The third-order valence-electron chi connectivity index (χ3n) is 4.91. The van der Waals surface area contributed by atoms with E-state index in [1.165, 1.54) is 0 Å². The van der Waals surface area contributed by atoms with Crippen LogP contribution in [0.5, 0.6) is 5.75 Å². The lowest BCUT2D eigenvalue weighted by molar-refractivity contribution is -0.151. The van der Waals surface area contributed by atoms with Gasteiger partial charge in [-0.05, 0) is 54.4 Å². The van der Waals surface area contributed by atoms with E-state index in [9.17, 15) is 14.4 Å². The molecule has 3 rings (SSSR count). The van der Waals surface area contributed by atoms with Crippen LogP contribution in [0.2, 0.25) is 0 Å². The van der Waals surface area contributed by atoms with E-state index in [-0.39, 0.29) is 18.9 Å². The van der Waals surface area contributed by atoms with Crippen molar-refractivity contribution in [3.63, 3.8) is 0 Å². The minimum absolute atomic E-state index is 0.0547. The van der Waals surface area contributed by atoms with Crippen molar-refractivity contribution in [1.82, 2.24) is 0 Å².